The van der Waals surface area contributed by atoms with E-state index in [9.17, 15) is 14.4 Å². The number of nitrogens with zero attached hydrogens (tertiary/aromatic N) is 2. The number of benzene rings is 1. The monoisotopic (exact) mass is 387 g/mol. The molecule has 1 aliphatic carbocycles. The second kappa shape index (κ2) is 6.65. The number of Topliss-reactive ketones (excluding diaryl/α,β-unsaturated/α-hetero) is 1. The molecule has 0 fully saturated rings. The van der Waals surface area contributed by atoms with Crippen LogP contribution in [0.3, 0.4) is 0 Å². The van der Waals surface area contributed by atoms with Crippen molar-refractivity contribution in [2.75, 3.05) is 13.1 Å². The molecule has 6 heteroatoms. The summed E-state index contributed by atoms with van der Waals surface area (Å²) in [5.74, 6) is -0.976. The van der Waals surface area contributed by atoms with Crippen LogP contribution < -0.4 is 0 Å². The fourth-order valence-corrected chi connectivity index (χ4v) is 3.25. The van der Waals surface area contributed by atoms with E-state index in [2.05, 4.69) is 15.9 Å². The van der Waals surface area contributed by atoms with Crippen LogP contribution in [0.25, 0.3) is 0 Å². The van der Waals surface area contributed by atoms with Gasteiger partial charge in [-0.05, 0) is 25.2 Å². The molecule has 0 spiro atoms. The molecule has 0 saturated carbocycles. The molecule has 3 rings (SSSR count). The van der Waals surface area contributed by atoms with Crippen LogP contribution in [0, 0.1) is 5.92 Å². The van der Waals surface area contributed by atoms with Crippen molar-refractivity contribution in [3.63, 3.8) is 0 Å². The number of imide groups is 1. The van der Waals surface area contributed by atoms with Gasteiger partial charge in [0.2, 0.25) is 5.78 Å². The highest BCUT2D eigenvalue weighted by Gasteiger charge is 2.46. The van der Waals surface area contributed by atoms with Crippen molar-refractivity contribution in [1.82, 2.24) is 4.90 Å². The van der Waals surface area contributed by atoms with Gasteiger partial charge in [-0.3, -0.25) is 4.79 Å². The summed E-state index contributed by atoms with van der Waals surface area (Å²) in [4.78, 5) is 38.9. The molecule has 1 unspecified atom stereocenters. The molecule has 5 nitrogen and oxygen atoms in total. The van der Waals surface area contributed by atoms with Crippen LogP contribution in [-0.4, -0.2) is 46.0 Å². The summed E-state index contributed by atoms with van der Waals surface area (Å²) in [6.45, 7) is 1.93. The van der Waals surface area contributed by atoms with Crippen molar-refractivity contribution in [1.29, 1.82) is 0 Å². The van der Waals surface area contributed by atoms with Crippen molar-refractivity contribution in [3.05, 3.63) is 58.6 Å². The van der Waals surface area contributed by atoms with Gasteiger partial charge in [0.1, 0.15) is 11.6 Å². The predicted octanol–water partition coefficient (Wildman–Crippen LogP) is 2.77. The molecular weight excluding hydrogens is 372 g/mol. The number of fused-ring (bicyclic) bond motifs is 1. The van der Waals surface area contributed by atoms with E-state index in [1.165, 1.54) is 9.48 Å². The maximum atomic E-state index is 12.7. The average Bonchev–Trinajstić information content (AvgIpc) is 2.60. The lowest BCUT2D eigenvalue weighted by Crippen LogP contribution is -2.55. The van der Waals surface area contributed by atoms with E-state index >= 15 is 0 Å². The molecule has 3 amide bonds. The van der Waals surface area contributed by atoms with Crippen molar-refractivity contribution >= 4 is 39.4 Å². The van der Waals surface area contributed by atoms with Gasteiger partial charge in [-0.15, -0.1) is 0 Å². The fourth-order valence-electron chi connectivity index (χ4n) is 2.85. The van der Waals surface area contributed by atoms with E-state index in [1.807, 2.05) is 6.07 Å². The summed E-state index contributed by atoms with van der Waals surface area (Å²) >= 11 is 3.36. The van der Waals surface area contributed by atoms with Crippen molar-refractivity contribution in [2.24, 2.45) is 5.92 Å². The first-order valence-electron chi connectivity index (χ1n) is 7.66. The Hall–Kier alpha value is -2.34. The average molecular weight is 388 g/mol. The number of amides is 3. The molecule has 1 aliphatic heterocycles. The maximum absolute atomic E-state index is 12.7. The highest BCUT2D eigenvalue weighted by molar-refractivity contribution is 9.11. The van der Waals surface area contributed by atoms with Gasteiger partial charge in [0.05, 0.1) is 6.54 Å². The molecule has 2 aliphatic rings. The second-order valence-electron chi connectivity index (χ2n) is 5.53. The van der Waals surface area contributed by atoms with Crippen LogP contribution in [0.5, 0.6) is 0 Å². The molecule has 1 aromatic carbocycles. The van der Waals surface area contributed by atoms with Crippen LogP contribution in [0.4, 0.5) is 4.79 Å². The summed E-state index contributed by atoms with van der Waals surface area (Å²) in [7, 11) is 0. The summed E-state index contributed by atoms with van der Waals surface area (Å²) in [5.41, 5.74) is 1.08. The van der Waals surface area contributed by atoms with E-state index in [1.54, 1.807) is 49.4 Å². The SMILES string of the molecule is CCN1C(=O)C2C=C(Br)C=CC2=[N+](CC(=O)c2ccccc2)C1=O. The Balaban J connectivity index is 2.01. The molecule has 0 N–H and O–H groups in total. The smallest absolute Gasteiger partial charge is 0.290 e. The topological polar surface area (TPSA) is 57.5 Å². The number of rotatable bonds is 4. The lowest BCUT2D eigenvalue weighted by atomic mass is 9.94. The Labute approximate surface area is 148 Å². The lowest BCUT2D eigenvalue weighted by Gasteiger charge is -2.26. The first-order chi connectivity index (χ1) is 11.5. The summed E-state index contributed by atoms with van der Waals surface area (Å²) in [6.07, 6.45) is 5.25. The number of carbonyl (C=O) groups is 3. The molecule has 0 radical (unpaired) electrons. The predicted molar refractivity (Wildman–Crippen MR) is 93.3 cm³/mol. The van der Waals surface area contributed by atoms with Crippen LogP contribution in [0.1, 0.15) is 17.3 Å². The molecule has 0 bridgehead atoms. The highest BCUT2D eigenvalue weighted by Crippen LogP contribution is 2.24. The zero-order chi connectivity index (χ0) is 17.3. The quantitative estimate of drug-likeness (QED) is 0.589. The number of halogens is 1. The Morgan fingerprint density at radius 3 is 2.58 bits per heavy atom. The maximum Gasteiger partial charge on any atom is 0.501 e. The van der Waals surface area contributed by atoms with Crippen molar-refractivity contribution in [2.45, 2.75) is 6.92 Å². The molecule has 24 heavy (non-hydrogen) atoms. The zero-order valence-electron chi connectivity index (χ0n) is 13.1. The number of allylic oxidation sites excluding steroid dienone is 3. The van der Waals surface area contributed by atoms with Gasteiger partial charge in [0.15, 0.2) is 6.54 Å². The first kappa shape index (κ1) is 16.5. The van der Waals surface area contributed by atoms with Gasteiger partial charge in [0.25, 0.3) is 0 Å². The van der Waals surface area contributed by atoms with E-state index in [0.29, 0.717) is 11.3 Å². The molecule has 0 aromatic heterocycles. The molecule has 0 saturated heterocycles. The molecule has 1 heterocycles. The third-order valence-corrected chi connectivity index (χ3v) is 4.61. The van der Waals surface area contributed by atoms with Crippen molar-refractivity contribution in [3.8, 4) is 0 Å². The molecule has 122 valence electrons. The number of hydrogen-bond acceptors (Lipinski definition) is 3. The van der Waals surface area contributed by atoms with Gasteiger partial charge < -0.3 is 0 Å². The van der Waals surface area contributed by atoms with Crippen molar-refractivity contribution < 1.29 is 19.0 Å². The van der Waals surface area contributed by atoms with Gasteiger partial charge in [0, 0.05) is 10.0 Å². The minimum atomic E-state index is -0.550. The van der Waals surface area contributed by atoms with Crippen LogP contribution in [-0.2, 0) is 4.79 Å². The molecule has 1 aromatic rings. The molecular formula is C18H16BrN2O3+. The molecule has 1 atom stereocenters. The Morgan fingerprint density at radius 2 is 1.92 bits per heavy atom. The number of ketones is 1. The standard InChI is InChI=1S/C18H16BrN2O3/c1-2-20-17(23)14-10-13(19)8-9-15(14)21(18(20)24)11-16(22)12-6-4-3-5-7-12/h3-10,14H,2,11H2,1H3/q+1. The lowest BCUT2D eigenvalue weighted by molar-refractivity contribution is -0.425. The number of carbonyl (C=O) groups excluding carboxylic acids is 3. The van der Waals surface area contributed by atoms with Crippen LogP contribution in [0.2, 0.25) is 0 Å². The Kier molecular flexibility index (Phi) is 4.57. The van der Waals surface area contributed by atoms with Gasteiger partial charge in [-0.25, -0.2) is 4.79 Å². The Morgan fingerprint density at radius 1 is 1.21 bits per heavy atom. The number of hydrogen-bond donors (Lipinski definition) is 0. The van der Waals surface area contributed by atoms with Gasteiger partial charge in [-0.2, -0.15) is 14.3 Å². The highest BCUT2D eigenvalue weighted by atomic mass is 79.9. The third kappa shape index (κ3) is 2.89. The second-order valence-corrected chi connectivity index (χ2v) is 6.44. The largest absolute Gasteiger partial charge is 0.501 e. The fraction of sp³-hybridized carbons (Fsp3) is 0.222. The Bertz CT molecular complexity index is 809. The van der Waals surface area contributed by atoms with E-state index in [4.69, 9.17) is 0 Å². The van der Waals surface area contributed by atoms with Gasteiger partial charge >= 0.3 is 11.9 Å². The minimum Gasteiger partial charge on any atom is -0.290 e. The van der Waals surface area contributed by atoms with E-state index in [-0.39, 0.29) is 24.8 Å². The summed E-state index contributed by atoms with van der Waals surface area (Å²) < 4.78 is 2.18. The van der Waals surface area contributed by atoms with Crippen LogP contribution >= 0.6 is 15.9 Å². The summed E-state index contributed by atoms with van der Waals surface area (Å²) in [5, 5.41) is 0. The van der Waals surface area contributed by atoms with Crippen LogP contribution in [0.15, 0.2) is 53.0 Å². The van der Waals surface area contributed by atoms with Gasteiger partial charge in [-0.1, -0.05) is 46.3 Å². The first-order valence-corrected chi connectivity index (χ1v) is 8.45. The summed E-state index contributed by atoms with van der Waals surface area (Å²) in [6, 6.07) is 8.38. The zero-order valence-corrected chi connectivity index (χ0v) is 14.7. The third-order valence-electron chi connectivity index (χ3n) is 4.08. The normalized spacial score (nSPS) is 20.2. The van der Waals surface area contributed by atoms with E-state index in [0.717, 1.165) is 4.48 Å². The number of urea groups is 1. The minimum absolute atomic E-state index is 0.0890. The van der Waals surface area contributed by atoms with E-state index < -0.39 is 11.9 Å².